The Balaban J connectivity index is 0.000000810. The molecule has 0 radical (unpaired) electrons. The van der Waals surface area contributed by atoms with E-state index in [-0.39, 0.29) is 24.4 Å². The lowest BCUT2D eigenvalue weighted by Crippen LogP contribution is -2.38. The van der Waals surface area contributed by atoms with Crippen molar-refractivity contribution in [1.82, 2.24) is 10.6 Å². The normalized spacial score (nSPS) is 23.5. The molecule has 1 aliphatic rings. The van der Waals surface area contributed by atoms with E-state index >= 15 is 0 Å². The van der Waals surface area contributed by atoms with Crippen LogP contribution in [-0.4, -0.2) is 25.5 Å². The molecule has 0 aliphatic carbocycles. The summed E-state index contributed by atoms with van der Waals surface area (Å²) in [5.74, 6) is 0.118. The van der Waals surface area contributed by atoms with E-state index in [1.807, 2.05) is 0 Å². The zero-order chi connectivity index (χ0) is 6.69. The monoisotopic (exact) mass is 164 g/mol. The Morgan fingerprint density at radius 1 is 1.70 bits per heavy atom. The highest BCUT2D eigenvalue weighted by Crippen LogP contribution is 2.03. The third-order valence-electron chi connectivity index (χ3n) is 1.62. The van der Waals surface area contributed by atoms with Gasteiger partial charge in [-0.25, -0.2) is 0 Å². The van der Waals surface area contributed by atoms with Gasteiger partial charge in [-0.05, 0) is 19.4 Å². The average Bonchev–Trinajstić information content (AvgIpc) is 2.37. The quantitative estimate of drug-likeness (QED) is 0.569. The Labute approximate surface area is 67.0 Å². The standard InChI is InChI=1S/C6H12N2O.ClH/c1-7-6(9)5-3-2-4-8-5;/h5,8H,2-4H2,1H3,(H,7,9);1H/t5-;/m0./s1. The third kappa shape index (κ3) is 2.15. The summed E-state index contributed by atoms with van der Waals surface area (Å²) in [7, 11) is 1.67. The number of hydrogen-bond acceptors (Lipinski definition) is 2. The topological polar surface area (TPSA) is 41.1 Å². The molecule has 0 aromatic rings. The van der Waals surface area contributed by atoms with E-state index in [0.29, 0.717) is 0 Å². The first-order valence-corrected chi connectivity index (χ1v) is 3.29. The average molecular weight is 165 g/mol. The molecular formula is C6H13ClN2O. The van der Waals surface area contributed by atoms with Gasteiger partial charge in [-0.3, -0.25) is 4.79 Å². The fourth-order valence-electron chi connectivity index (χ4n) is 1.08. The largest absolute Gasteiger partial charge is 0.358 e. The zero-order valence-electron chi connectivity index (χ0n) is 6.02. The van der Waals surface area contributed by atoms with Gasteiger partial charge in [0.05, 0.1) is 6.04 Å². The number of halogens is 1. The van der Waals surface area contributed by atoms with E-state index in [0.717, 1.165) is 19.4 Å². The van der Waals surface area contributed by atoms with E-state index in [9.17, 15) is 4.79 Å². The van der Waals surface area contributed by atoms with Gasteiger partial charge in [-0.2, -0.15) is 0 Å². The second-order valence-electron chi connectivity index (χ2n) is 2.26. The molecule has 10 heavy (non-hydrogen) atoms. The molecule has 1 saturated heterocycles. The van der Waals surface area contributed by atoms with Crippen LogP contribution in [0.5, 0.6) is 0 Å². The van der Waals surface area contributed by atoms with Crippen LogP contribution in [0, 0.1) is 0 Å². The van der Waals surface area contributed by atoms with Crippen LogP contribution in [0.3, 0.4) is 0 Å². The van der Waals surface area contributed by atoms with Crippen molar-refractivity contribution in [3.8, 4) is 0 Å². The molecule has 60 valence electrons. The number of carbonyl (C=O) groups excluding carboxylic acids is 1. The van der Waals surface area contributed by atoms with Crippen LogP contribution < -0.4 is 10.6 Å². The molecule has 0 spiro atoms. The van der Waals surface area contributed by atoms with Crippen molar-refractivity contribution in [2.45, 2.75) is 18.9 Å². The number of rotatable bonds is 1. The van der Waals surface area contributed by atoms with Crippen LogP contribution in [-0.2, 0) is 4.79 Å². The van der Waals surface area contributed by atoms with Gasteiger partial charge in [0.1, 0.15) is 0 Å². The van der Waals surface area contributed by atoms with Crippen LogP contribution in [0.4, 0.5) is 0 Å². The predicted molar refractivity (Wildman–Crippen MR) is 42.3 cm³/mol. The maximum Gasteiger partial charge on any atom is 0.236 e. The highest BCUT2D eigenvalue weighted by Gasteiger charge is 2.19. The molecule has 0 unspecified atom stereocenters. The zero-order valence-corrected chi connectivity index (χ0v) is 6.83. The van der Waals surface area contributed by atoms with Crippen LogP contribution in [0.1, 0.15) is 12.8 Å². The summed E-state index contributed by atoms with van der Waals surface area (Å²) in [6.45, 7) is 0.984. The van der Waals surface area contributed by atoms with Gasteiger partial charge in [0.25, 0.3) is 0 Å². The molecular weight excluding hydrogens is 152 g/mol. The van der Waals surface area contributed by atoms with Gasteiger partial charge in [-0.15, -0.1) is 12.4 Å². The molecule has 1 fully saturated rings. The summed E-state index contributed by atoms with van der Waals surface area (Å²) in [6.07, 6.45) is 2.11. The van der Waals surface area contributed by atoms with E-state index in [1.165, 1.54) is 0 Å². The van der Waals surface area contributed by atoms with Gasteiger partial charge in [0, 0.05) is 7.05 Å². The Kier molecular flexibility index (Phi) is 4.40. The predicted octanol–water partition coefficient (Wildman–Crippen LogP) is -0.0938. The second kappa shape index (κ2) is 4.52. The van der Waals surface area contributed by atoms with E-state index < -0.39 is 0 Å². The summed E-state index contributed by atoms with van der Waals surface area (Å²) in [6, 6.07) is 0.0787. The lowest BCUT2D eigenvalue weighted by atomic mass is 10.2. The molecule has 1 heterocycles. The van der Waals surface area contributed by atoms with Gasteiger partial charge in [-0.1, -0.05) is 0 Å². The highest BCUT2D eigenvalue weighted by atomic mass is 35.5. The number of carbonyl (C=O) groups is 1. The van der Waals surface area contributed by atoms with Crippen molar-refractivity contribution in [1.29, 1.82) is 0 Å². The van der Waals surface area contributed by atoms with Crippen molar-refractivity contribution in [2.24, 2.45) is 0 Å². The molecule has 1 amide bonds. The fraction of sp³-hybridized carbons (Fsp3) is 0.833. The molecule has 1 atom stereocenters. The molecule has 1 aliphatic heterocycles. The maximum absolute atomic E-state index is 10.8. The minimum Gasteiger partial charge on any atom is -0.358 e. The number of likely N-dealkylation sites (N-methyl/N-ethyl adjacent to an activating group) is 1. The lowest BCUT2D eigenvalue weighted by Gasteiger charge is -2.05. The van der Waals surface area contributed by atoms with Crippen molar-refractivity contribution < 1.29 is 4.79 Å². The maximum atomic E-state index is 10.8. The molecule has 0 saturated carbocycles. The van der Waals surface area contributed by atoms with Gasteiger partial charge < -0.3 is 10.6 Å². The van der Waals surface area contributed by atoms with Crippen LogP contribution in [0.15, 0.2) is 0 Å². The van der Waals surface area contributed by atoms with Crippen molar-refractivity contribution in [3.05, 3.63) is 0 Å². The van der Waals surface area contributed by atoms with Crippen LogP contribution >= 0.6 is 12.4 Å². The van der Waals surface area contributed by atoms with E-state index in [4.69, 9.17) is 0 Å². The Morgan fingerprint density at radius 2 is 2.40 bits per heavy atom. The smallest absolute Gasteiger partial charge is 0.236 e. The molecule has 3 nitrogen and oxygen atoms in total. The molecule has 0 aromatic carbocycles. The number of nitrogens with one attached hydrogen (secondary N) is 2. The van der Waals surface area contributed by atoms with E-state index in [2.05, 4.69) is 10.6 Å². The Morgan fingerprint density at radius 3 is 2.80 bits per heavy atom. The molecule has 2 N–H and O–H groups in total. The summed E-state index contributed by atoms with van der Waals surface area (Å²) < 4.78 is 0. The molecule has 4 heteroatoms. The molecule has 1 rings (SSSR count). The fourth-order valence-corrected chi connectivity index (χ4v) is 1.08. The first-order valence-electron chi connectivity index (χ1n) is 3.29. The molecule has 0 aromatic heterocycles. The van der Waals surface area contributed by atoms with Crippen molar-refractivity contribution in [2.75, 3.05) is 13.6 Å². The summed E-state index contributed by atoms with van der Waals surface area (Å²) in [5.41, 5.74) is 0. The van der Waals surface area contributed by atoms with Gasteiger partial charge in [0.15, 0.2) is 0 Å². The first-order chi connectivity index (χ1) is 4.34. The third-order valence-corrected chi connectivity index (χ3v) is 1.62. The van der Waals surface area contributed by atoms with Crippen LogP contribution in [0.25, 0.3) is 0 Å². The number of amides is 1. The highest BCUT2D eigenvalue weighted by molar-refractivity contribution is 5.85. The molecule has 0 bridgehead atoms. The number of hydrogen-bond donors (Lipinski definition) is 2. The minimum atomic E-state index is 0. The minimum absolute atomic E-state index is 0. The van der Waals surface area contributed by atoms with Crippen LogP contribution in [0.2, 0.25) is 0 Å². The van der Waals surface area contributed by atoms with Gasteiger partial charge >= 0.3 is 0 Å². The Hall–Kier alpha value is -0.280. The van der Waals surface area contributed by atoms with Crippen molar-refractivity contribution >= 4 is 18.3 Å². The van der Waals surface area contributed by atoms with Gasteiger partial charge in [0.2, 0.25) is 5.91 Å². The first kappa shape index (κ1) is 9.72. The Bertz CT molecular complexity index is 112. The summed E-state index contributed by atoms with van der Waals surface area (Å²) in [4.78, 5) is 10.8. The van der Waals surface area contributed by atoms with E-state index in [1.54, 1.807) is 7.05 Å². The lowest BCUT2D eigenvalue weighted by molar-refractivity contribution is -0.122. The van der Waals surface area contributed by atoms with Crippen molar-refractivity contribution in [3.63, 3.8) is 0 Å². The second-order valence-corrected chi connectivity index (χ2v) is 2.26. The summed E-state index contributed by atoms with van der Waals surface area (Å²) in [5, 5.41) is 5.70. The summed E-state index contributed by atoms with van der Waals surface area (Å²) >= 11 is 0. The SMILES string of the molecule is CNC(=O)[C@@H]1CCCN1.Cl.